The molecule has 30 heavy (non-hydrogen) atoms. The highest BCUT2D eigenvalue weighted by atomic mass is 16.6. The quantitative estimate of drug-likeness (QED) is 0.269. The molecule has 166 valence electrons. The topological polar surface area (TPSA) is 113 Å². The summed E-state index contributed by atoms with van der Waals surface area (Å²) < 4.78 is 11.0. The number of hydrogen-bond acceptors (Lipinski definition) is 7. The largest absolute Gasteiger partial charge is 0.459 e. The summed E-state index contributed by atoms with van der Waals surface area (Å²) in [4.78, 5) is 25.0. The molecule has 6 atom stereocenters. The highest BCUT2D eigenvalue weighted by Gasteiger charge is 2.69. The minimum atomic E-state index is -1.69. The van der Waals surface area contributed by atoms with Crippen molar-refractivity contribution in [3.63, 3.8) is 0 Å². The van der Waals surface area contributed by atoms with Crippen molar-refractivity contribution >= 4 is 11.9 Å². The predicted molar refractivity (Wildman–Crippen MR) is 109 cm³/mol. The van der Waals surface area contributed by atoms with Gasteiger partial charge in [-0.05, 0) is 31.3 Å². The van der Waals surface area contributed by atoms with Crippen LogP contribution in [0.4, 0.5) is 0 Å². The van der Waals surface area contributed by atoms with Gasteiger partial charge in [0, 0.05) is 23.0 Å². The summed E-state index contributed by atoms with van der Waals surface area (Å²) >= 11 is 0. The third-order valence-electron chi connectivity index (χ3n) is 7.08. The van der Waals surface area contributed by atoms with Gasteiger partial charge < -0.3 is 24.8 Å². The third kappa shape index (κ3) is 3.63. The molecule has 0 spiro atoms. The maximum Gasteiger partial charge on any atom is 0.343 e. The first-order valence-corrected chi connectivity index (χ1v) is 10.5. The van der Waals surface area contributed by atoms with Gasteiger partial charge in [0.2, 0.25) is 0 Å². The lowest BCUT2D eigenvalue weighted by Crippen LogP contribution is -2.65. The molecule has 7 nitrogen and oxygen atoms in total. The first kappa shape index (κ1) is 22.7. The number of fused-ring (bicyclic) bond motifs is 3. The molecule has 0 radical (unpaired) electrons. The minimum absolute atomic E-state index is 0.00192. The molecule has 7 heteroatoms. The normalized spacial score (nSPS) is 37.3. The van der Waals surface area contributed by atoms with Crippen molar-refractivity contribution in [1.82, 2.24) is 0 Å². The van der Waals surface area contributed by atoms with Crippen molar-refractivity contribution in [2.45, 2.75) is 70.9 Å². The van der Waals surface area contributed by atoms with Crippen LogP contribution in [0.3, 0.4) is 0 Å². The van der Waals surface area contributed by atoms with Crippen LogP contribution in [0, 0.1) is 16.7 Å². The van der Waals surface area contributed by atoms with Crippen molar-refractivity contribution in [3.8, 4) is 0 Å². The molecule has 0 aromatic carbocycles. The van der Waals surface area contributed by atoms with E-state index in [1.165, 1.54) is 31.2 Å². The van der Waals surface area contributed by atoms with Gasteiger partial charge in [-0.2, -0.15) is 0 Å². The lowest BCUT2D eigenvalue weighted by molar-refractivity contribution is -0.194. The summed E-state index contributed by atoms with van der Waals surface area (Å²) in [5, 5.41) is 30.2. The van der Waals surface area contributed by atoms with Crippen LogP contribution in [0.25, 0.3) is 0 Å². The Morgan fingerprint density at radius 3 is 2.63 bits per heavy atom. The Morgan fingerprint density at radius 1 is 1.27 bits per heavy atom. The summed E-state index contributed by atoms with van der Waals surface area (Å²) in [7, 11) is 0. The SMILES string of the molecule is C[C@H](O)[C@H](O)C=CC=CC(=O)O[C@@H]1C=C2COC(=O)[C@]2(O)[C@@]2(C)CCCC(C)(C)[C@H]12. The Bertz CT molecular complexity index is 793. The number of carbonyl (C=O) groups excluding carboxylic acids is 2. The first-order valence-electron chi connectivity index (χ1n) is 10.5. The van der Waals surface area contributed by atoms with E-state index in [9.17, 15) is 24.9 Å². The number of ether oxygens (including phenoxy) is 2. The first-order chi connectivity index (χ1) is 13.9. The van der Waals surface area contributed by atoms with Crippen LogP contribution in [0.5, 0.6) is 0 Å². The summed E-state index contributed by atoms with van der Waals surface area (Å²) in [6, 6.07) is 0. The number of cyclic esters (lactones) is 1. The number of aliphatic hydroxyl groups is 3. The molecule has 0 unspecified atom stereocenters. The molecule has 0 amide bonds. The molecule has 1 saturated heterocycles. The molecular formula is C23H32O7. The lowest BCUT2D eigenvalue weighted by atomic mass is 9.46. The van der Waals surface area contributed by atoms with E-state index in [4.69, 9.17) is 9.47 Å². The zero-order valence-electron chi connectivity index (χ0n) is 18.0. The molecule has 1 aliphatic heterocycles. The number of aliphatic hydroxyl groups excluding tert-OH is 2. The average molecular weight is 421 g/mol. The highest BCUT2D eigenvalue weighted by Crippen LogP contribution is 2.63. The fourth-order valence-electron chi connectivity index (χ4n) is 5.59. The number of carbonyl (C=O) groups is 2. The van der Waals surface area contributed by atoms with Gasteiger partial charge in [0.15, 0.2) is 5.60 Å². The van der Waals surface area contributed by atoms with Crippen molar-refractivity contribution in [2.75, 3.05) is 6.61 Å². The minimum Gasteiger partial charge on any atom is -0.459 e. The average Bonchev–Trinajstić information content (AvgIpc) is 2.94. The van der Waals surface area contributed by atoms with E-state index in [-0.39, 0.29) is 17.9 Å². The molecule has 1 heterocycles. The molecule has 3 N–H and O–H groups in total. The lowest BCUT2D eigenvalue weighted by Gasteiger charge is -2.59. The zero-order valence-corrected chi connectivity index (χ0v) is 18.0. The second-order valence-electron chi connectivity index (χ2n) is 9.59. The molecule has 0 bridgehead atoms. The van der Waals surface area contributed by atoms with Gasteiger partial charge in [-0.1, -0.05) is 45.4 Å². The Hall–Kier alpha value is -1.96. The number of hydrogen-bond donors (Lipinski definition) is 3. The van der Waals surface area contributed by atoms with Gasteiger partial charge >= 0.3 is 11.9 Å². The maximum absolute atomic E-state index is 12.5. The molecule has 0 aromatic heterocycles. The second kappa shape index (κ2) is 7.94. The van der Waals surface area contributed by atoms with Crippen LogP contribution in [0.1, 0.15) is 47.0 Å². The van der Waals surface area contributed by atoms with Crippen molar-refractivity contribution in [2.24, 2.45) is 16.7 Å². The molecule has 2 aliphatic carbocycles. The Labute approximate surface area is 177 Å². The summed E-state index contributed by atoms with van der Waals surface area (Å²) in [5.74, 6) is -1.44. The van der Waals surface area contributed by atoms with E-state index in [1.54, 1.807) is 6.08 Å². The Morgan fingerprint density at radius 2 is 1.97 bits per heavy atom. The van der Waals surface area contributed by atoms with Gasteiger partial charge in [0.05, 0.1) is 12.2 Å². The number of rotatable bonds is 5. The zero-order chi connectivity index (χ0) is 22.3. The monoisotopic (exact) mass is 420 g/mol. The predicted octanol–water partition coefficient (Wildman–Crippen LogP) is 1.81. The van der Waals surface area contributed by atoms with E-state index < -0.39 is 41.3 Å². The van der Waals surface area contributed by atoms with Crippen LogP contribution in [0.15, 0.2) is 36.0 Å². The van der Waals surface area contributed by atoms with Crippen molar-refractivity contribution < 1.29 is 34.4 Å². The van der Waals surface area contributed by atoms with E-state index in [0.29, 0.717) is 12.0 Å². The van der Waals surface area contributed by atoms with Crippen LogP contribution >= 0.6 is 0 Å². The summed E-state index contributed by atoms with van der Waals surface area (Å²) in [6.45, 7) is 7.52. The molecule has 2 fully saturated rings. The van der Waals surface area contributed by atoms with Crippen LogP contribution in [-0.4, -0.2) is 57.8 Å². The van der Waals surface area contributed by atoms with Gasteiger partial charge in [-0.3, -0.25) is 0 Å². The van der Waals surface area contributed by atoms with Crippen LogP contribution < -0.4 is 0 Å². The highest BCUT2D eigenvalue weighted by molar-refractivity contribution is 5.88. The molecule has 1 saturated carbocycles. The van der Waals surface area contributed by atoms with Gasteiger partial charge in [-0.15, -0.1) is 0 Å². The number of allylic oxidation sites excluding steroid dienone is 2. The summed E-state index contributed by atoms with van der Waals surface area (Å²) in [5.41, 5.74) is -2.29. The molecule has 0 aromatic rings. The van der Waals surface area contributed by atoms with Gasteiger partial charge in [0.25, 0.3) is 0 Å². The molecule has 3 aliphatic rings. The smallest absolute Gasteiger partial charge is 0.343 e. The number of esters is 2. The van der Waals surface area contributed by atoms with Gasteiger partial charge in [0.1, 0.15) is 12.7 Å². The van der Waals surface area contributed by atoms with Crippen LogP contribution in [0.2, 0.25) is 0 Å². The van der Waals surface area contributed by atoms with Crippen molar-refractivity contribution in [3.05, 3.63) is 36.0 Å². The summed E-state index contributed by atoms with van der Waals surface area (Å²) in [6.07, 6.45) is 7.07. The molecular weight excluding hydrogens is 388 g/mol. The van der Waals surface area contributed by atoms with E-state index in [2.05, 4.69) is 13.8 Å². The van der Waals surface area contributed by atoms with Gasteiger partial charge in [-0.25, -0.2) is 9.59 Å². The fraction of sp³-hybridized carbons (Fsp3) is 0.652. The second-order valence-corrected chi connectivity index (χ2v) is 9.59. The van der Waals surface area contributed by atoms with Crippen molar-refractivity contribution in [1.29, 1.82) is 0 Å². The van der Waals surface area contributed by atoms with E-state index in [1.807, 2.05) is 6.92 Å². The van der Waals surface area contributed by atoms with E-state index >= 15 is 0 Å². The van der Waals surface area contributed by atoms with Crippen LogP contribution in [-0.2, 0) is 19.1 Å². The molecule has 3 rings (SSSR count). The fourth-order valence-corrected chi connectivity index (χ4v) is 5.59. The standard InChI is InChI=1S/C23H32O7/c1-14(24)16(25)8-5-6-9-18(26)30-17-12-15-13-29-20(27)23(15,28)22(4)11-7-10-21(2,3)19(17)22/h5-6,8-9,12,14,16-17,19,24-25,28H,7,10-11,13H2,1-4H3/t14-,16+,17+,19-,22-,23-/m0/s1. The Balaban J connectivity index is 1.86. The third-order valence-corrected chi connectivity index (χ3v) is 7.08. The maximum atomic E-state index is 12.5. The van der Waals surface area contributed by atoms with E-state index in [0.717, 1.165) is 12.8 Å². The Kier molecular flexibility index (Phi) is 6.02.